The van der Waals surface area contributed by atoms with Crippen LogP contribution < -0.4 is 10.6 Å². The smallest absolute Gasteiger partial charge is 0.150 e. The van der Waals surface area contributed by atoms with E-state index in [1.807, 2.05) is 0 Å². The van der Waals surface area contributed by atoms with E-state index in [0.717, 1.165) is 31.7 Å². The number of hydrogen-bond donors (Lipinski definition) is 2. The number of nitrogens with one attached hydrogen (secondary N) is 1. The van der Waals surface area contributed by atoms with Crippen LogP contribution in [0.4, 0.5) is 5.82 Å². The summed E-state index contributed by atoms with van der Waals surface area (Å²) in [6, 6.07) is 2.66. The number of aromatic nitrogens is 2. The van der Waals surface area contributed by atoms with E-state index in [-0.39, 0.29) is 0 Å². The number of rotatable bonds is 2. The van der Waals surface area contributed by atoms with Crippen molar-refractivity contribution in [3.05, 3.63) is 11.8 Å². The highest BCUT2D eigenvalue weighted by molar-refractivity contribution is 5.40. The minimum Gasteiger partial charge on any atom is -0.355 e. The Hall–Kier alpha value is -1.03. The van der Waals surface area contributed by atoms with Crippen molar-refractivity contribution in [2.75, 3.05) is 18.0 Å². The third-order valence-corrected chi connectivity index (χ3v) is 4.49. The molecule has 0 atom stereocenters. The van der Waals surface area contributed by atoms with Gasteiger partial charge in [0.25, 0.3) is 0 Å². The fraction of sp³-hybridized carbons (Fsp3) is 0.786. The van der Waals surface area contributed by atoms with Gasteiger partial charge in [-0.3, -0.25) is 5.10 Å². The van der Waals surface area contributed by atoms with Gasteiger partial charge in [0.1, 0.15) is 0 Å². The normalized spacial score (nSPS) is 23.5. The lowest BCUT2D eigenvalue weighted by Gasteiger charge is -2.30. The lowest BCUT2D eigenvalue weighted by Crippen LogP contribution is -2.39. The van der Waals surface area contributed by atoms with E-state index in [0.29, 0.717) is 12.0 Å². The lowest BCUT2D eigenvalue weighted by atomic mass is 9.87. The van der Waals surface area contributed by atoms with E-state index in [9.17, 15) is 0 Å². The number of nitrogens with two attached hydrogens (primary N) is 1. The number of anilines is 1. The molecule has 2 aliphatic rings. The van der Waals surface area contributed by atoms with E-state index in [1.54, 1.807) is 0 Å². The summed E-state index contributed by atoms with van der Waals surface area (Å²) in [6.07, 6.45) is 8.98. The summed E-state index contributed by atoms with van der Waals surface area (Å²) in [4.78, 5) is 2.37. The highest BCUT2D eigenvalue weighted by Crippen LogP contribution is 2.33. The summed E-state index contributed by atoms with van der Waals surface area (Å²) in [5, 5.41) is 7.76. The fourth-order valence-electron chi connectivity index (χ4n) is 3.24. The number of H-pyrrole nitrogens is 1. The molecule has 1 saturated heterocycles. The zero-order valence-electron chi connectivity index (χ0n) is 11.1. The Morgan fingerprint density at radius 3 is 2.56 bits per heavy atom. The van der Waals surface area contributed by atoms with Gasteiger partial charge in [0, 0.05) is 36.8 Å². The first-order valence-corrected chi connectivity index (χ1v) is 7.39. The first kappa shape index (κ1) is 12.0. The Morgan fingerprint density at radius 2 is 1.83 bits per heavy atom. The summed E-state index contributed by atoms with van der Waals surface area (Å²) in [7, 11) is 0. The van der Waals surface area contributed by atoms with Crippen molar-refractivity contribution >= 4 is 5.82 Å². The zero-order chi connectivity index (χ0) is 12.4. The molecule has 0 amide bonds. The summed E-state index contributed by atoms with van der Waals surface area (Å²) in [5.74, 6) is 1.84. The molecule has 18 heavy (non-hydrogen) atoms. The monoisotopic (exact) mass is 248 g/mol. The Bertz CT molecular complexity index is 373. The molecule has 1 aromatic rings. The second-order valence-electron chi connectivity index (χ2n) is 5.84. The lowest BCUT2D eigenvalue weighted by molar-refractivity contribution is 0.436. The van der Waals surface area contributed by atoms with Gasteiger partial charge in [-0.2, -0.15) is 5.10 Å². The van der Waals surface area contributed by atoms with Crippen molar-refractivity contribution in [3.8, 4) is 0 Å². The fourth-order valence-corrected chi connectivity index (χ4v) is 3.24. The van der Waals surface area contributed by atoms with Crippen molar-refractivity contribution in [3.63, 3.8) is 0 Å². The molecular formula is C14H24N4. The topological polar surface area (TPSA) is 57.9 Å². The van der Waals surface area contributed by atoms with Crippen LogP contribution >= 0.6 is 0 Å². The quantitative estimate of drug-likeness (QED) is 0.845. The Labute approximate surface area is 109 Å². The second kappa shape index (κ2) is 5.31. The van der Waals surface area contributed by atoms with E-state index < -0.39 is 0 Å². The maximum atomic E-state index is 5.94. The van der Waals surface area contributed by atoms with Gasteiger partial charge in [0.2, 0.25) is 0 Å². The molecule has 0 bridgehead atoms. The van der Waals surface area contributed by atoms with Crippen LogP contribution in [0.5, 0.6) is 0 Å². The molecule has 4 heteroatoms. The molecule has 2 fully saturated rings. The minimum absolute atomic E-state index is 0.387. The average Bonchev–Trinajstić information content (AvgIpc) is 2.90. The highest BCUT2D eigenvalue weighted by Gasteiger charge is 2.21. The summed E-state index contributed by atoms with van der Waals surface area (Å²) >= 11 is 0. The van der Waals surface area contributed by atoms with E-state index in [1.165, 1.54) is 37.8 Å². The number of nitrogens with zero attached hydrogens (tertiary/aromatic N) is 2. The predicted molar refractivity (Wildman–Crippen MR) is 73.8 cm³/mol. The van der Waals surface area contributed by atoms with Gasteiger partial charge in [-0.15, -0.1) is 0 Å². The molecule has 2 heterocycles. The molecule has 0 unspecified atom stereocenters. The van der Waals surface area contributed by atoms with Crippen LogP contribution in [0.1, 0.15) is 56.6 Å². The molecule has 1 aliphatic carbocycles. The van der Waals surface area contributed by atoms with Crippen LogP contribution in [0.25, 0.3) is 0 Å². The van der Waals surface area contributed by atoms with Crippen molar-refractivity contribution in [1.29, 1.82) is 0 Å². The van der Waals surface area contributed by atoms with Crippen molar-refractivity contribution in [1.82, 2.24) is 10.2 Å². The molecule has 100 valence electrons. The SMILES string of the molecule is NC1CCN(c2cc(C3CCCCC3)[nH]n2)CC1. The standard InChI is InChI=1S/C14H24N4/c15-12-6-8-18(9-7-12)14-10-13(16-17-14)11-4-2-1-3-5-11/h10-12H,1-9,15H2,(H,16,17). The molecule has 3 N–H and O–H groups in total. The van der Waals surface area contributed by atoms with Crippen LogP contribution in [-0.2, 0) is 0 Å². The van der Waals surface area contributed by atoms with Crippen LogP contribution in [-0.4, -0.2) is 29.3 Å². The number of piperidine rings is 1. The molecule has 1 aromatic heterocycles. The molecule has 1 saturated carbocycles. The van der Waals surface area contributed by atoms with E-state index >= 15 is 0 Å². The molecule has 3 rings (SSSR count). The van der Waals surface area contributed by atoms with Crippen LogP contribution in [0.3, 0.4) is 0 Å². The van der Waals surface area contributed by atoms with Gasteiger partial charge in [-0.25, -0.2) is 0 Å². The third kappa shape index (κ3) is 2.53. The molecular weight excluding hydrogens is 224 g/mol. The largest absolute Gasteiger partial charge is 0.355 e. The Morgan fingerprint density at radius 1 is 1.11 bits per heavy atom. The summed E-state index contributed by atoms with van der Waals surface area (Å²) < 4.78 is 0. The average molecular weight is 248 g/mol. The molecule has 0 radical (unpaired) electrons. The van der Waals surface area contributed by atoms with Crippen LogP contribution in [0, 0.1) is 0 Å². The summed E-state index contributed by atoms with van der Waals surface area (Å²) in [6.45, 7) is 2.10. The Balaban J connectivity index is 1.65. The highest BCUT2D eigenvalue weighted by atomic mass is 15.3. The second-order valence-corrected chi connectivity index (χ2v) is 5.84. The third-order valence-electron chi connectivity index (χ3n) is 4.49. The van der Waals surface area contributed by atoms with Gasteiger partial charge in [-0.05, 0) is 25.7 Å². The molecule has 0 spiro atoms. The molecule has 1 aliphatic heterocycles. The first-order valence-electron chi connectivity index (χ1n) is 7.39. The maximum Gasteiger partial charge on any atom is 0.150 e. The number of hydrogen-bond acceptors (Lipinski definition) is 3. The predicted octanol–water partition coefficient (Wildman–Crippen LogP) is 2.38. The van der Waals surface area contributed by atoms with Crippen molar-refractivity contribution < 1.29 is 0 Å². The molecule has 0 aromatic carbocycles. The van der Waals surface area contributed by atoms with Crippen LogP contribution in [0.15, 0.2) is 6.07 Å². The van der Waals surface area contributed by atoms with Gasteiger partial charge in [-0.1, -0.05) is 19.3 Å². The van der Waals surface area contributed by atoms with Crippen LogP contribution in [0.2, 0.25) is 0 Å². The van der Waals surface area contributed by atoms with Crippen molar-refractivity contribution in [2.45, 2.75) is 56.9 Å². The Kier molecular flexibility index (Phi) is 3.55. The van der Waals surface area contributed by atoms with Crippen molar-refractivity contribution in [2.24, 2.45) is 5.73 Å². The first-order chi connectivity index (χ1) is 8.83. The van der Waals surface area contributed by atoms with Gasteiger partial charge in [0.05, 0.1) is 0 Å². The van der Waals surface area contributed by atoms with Gasteiger partial charge >= 0.3 is 0 Å². The summed E-state index contributed by atoms with van der Waals surface area (Å²) in [5.41, 5.74) is 7.29. The van der Waals surface area contributed by atoms with E-state index in [4.69, 9.17) is 5.73 Å². The molecule has 4 nitrogen and oxygen atoms in total. The maximum absolute atomic E-state index is 5.94. The number of aromatic amines is 1. The minimum atomic E-state index is 0.387. The zero-order valence-corrected chi connectivity index (χ0v) is 11.1. The van der Waals surface area contributed by atoms with Gasteiger partial charge in [0.15, 0.2) is 5.82 Å². The van der Waals surface area contributed by atoms with E-state index in [2.05, 4.69) is 21.2 Å². The van der Waals surface area contributed by atoms with Gasteiger partial charge < -0.3 is 10.6 Å².